The van der Waals surface area contributed by atoms with Crippen LogP contribution in [0.15, 0.2) is 45.7 Å². The molecule has 1 aromatic carbocycles. The first-order valence-electron chi connectivity index (χ1n) is 11.3. The molecule has 0 fully saturated rings. The number of benzene rings is 1. The van der Waals surface area contributed by atoms with Crippen molar-refractivity contribution < 1.29 is 27.5 Å². The van der Waals surface area contributed by atoms with E-state index >= 15 is 0 Å². The topological polar surface area (TPSA) is 65.8 Å². The molecule has 35 heavy (non-hydrogen) atoms. The molecule has 0 unspecified atom stereocenters. The summed E-state index contributed by atoms with van der Waals surface area (Å²) in [5.41, 5.74) is 1.00. The van der Waals surface area contributed by atoms with E-state index in [1.165, 1.54) is 28.0 Å². The van der Waals surface area contributed by atoms with E-state index < -0.39 is 53.5 Å². The Morgan fingerprint density at radius 1 is 1.14 bits per heavy atom. The predicted molar refractivity (Wildman–Crippen MR) is 123 cm³/mol. The van der Waals surface area contributed by atoms with E-state index in [-0.39, 0.29) is 0 Å². The van der Waals surface area contributed by atoms with Gasteiger partial charge in [0.15, 0.2) is 11.4 Å². The average Bonchev–Trinajstić information content (AvgIpc) is 2.97. The number of aromatic nitrogens is 1. The molecule has 1 aromatic heterocycles. The molecule has 2 aromatic rings. The van der Waals surface area contributed by atoms with Crippen LogP contribution >= 0.6 is 11.8 Å². The van der Waals surface area contributed by atoms with Crippen molar-refractivity contribution in [3.63, 3.8) is 0 Å². The van der Waals surface area contributed by atoms with Gasteiger partial charge in [-0.05, 0) is 66.3 Å². The Hall–Kier alpha value is -2.95. The number of halogens is 4. The molecule has 6 nitrogen and oxygen atoms in total. The van der Waals surface area contributed by atoms with E-state index in [1.807, 2.05) is 0 Å². The Balaban J connectivity index is 1.76. The second-order valence-electron chi connectivity index (χ2n) is 8.99. The summed E-state index contributed by atoms with van der Waals surface area (Å²) in [4.78, 5) is 27.1. The van der Waals surface area contributed by atoms with Crippen molar-refractivity contribution in [3.8, 4) is 5.75 Å². The number of fused-ring (bicyclic) bond motifs is 2. The van der Waals surface area contributed by atoms with Crippen molar-refractivity contribution >= 4 is 17.7 Å². The zero-order chi connectivity index (χ0) is 25.1. The molecule has 0 radical (unpaired) electrons. The summed E-state index contributed by atoms with van der Waals surface area (Å²) >= 11 is 1.64. The molecule has 11 heteroatoms. The lowest BCUT2D eigenvalue weighted by molar-refractivity contribution is -0.173. The molecule has 2 atom stereocenters. The minimum absolute atomic E-state index is 0.461. The van der Waals surface area contributed by atoms with Gasteiger partial charge in [-0.1, -0.05) is 6.07 Å². The van der Waals surface area contributed by atoms with Gasteiger partial charge < -0.3 is 10.0 Å². The van der Waals surface area contributed by atoms with Crippen LogP contribution in [0.3, 0.4) is 0 Å². The highest BCUT2D eigenvalue weighted by atomic mass is 32.2. The van der Waals surface area contributed by atoms with Crippen LogP contribution in [0.4, 0.5) is 17.6 Å². The maximum absolute atomic E-state index is 14.5. The van der Waals surface area contributed by atoms with Crippen molar-refractivity contribution in [2.24, 2.45) is 0 Å². The van der Waals surface area contributed by atoms with Crippen molar-refractivity contribution in [1.29, 1.82) is 0 Å². The van der Waals surface area contributed by atoms with E-state index in [2.05, 4.69) is 0 Å². The van der Waals surface area contributed by atoms with Crippen LogP contribution in [0.5, 0.6) is 5.75 Å². The molecule has 0 bridgehead atoms. The summed E-state index contributed by atoms with van der Waals surface area (Å²) in [5.74, 6) is -1.90. The lowest BCUT2D eigenvalue weighted by Crippen LogP contribution is -2.60. The summed E-state index contributed by atoms with van der Waals surface area (Å²) in [7, 11) is 0. The van der Waals surface area contributed by atoms with E-state index in [1.54, 1.807) is 17.8 Å². The quantitative estimate of drug-likeness (QED) is 0.589. The van der Waals surface area contributed by atoms with Crippen LogP contribution in [-0.4, -0.2) is 39.5 Å². The van der Waals surface area contributed by atoms with Crippen LogP contribution in [0.1, 0.15) is 60.3 Å². The van der Waals surface area contributed by atoms with Crippen LogP contribution < -0.4 is 10.4 Å². The summed E-state index contributed by atoms with van der Waals surface area (Å²) in [6.45, 7) is 0.405. The summed E-state index contributed by atoms with van der Waals surface area (Å²) in [5, 5.41) is 12.0. The van der Waals surface area contributed by atoms with Gasteiger partial charge >= 0.3 is 6.18 Å². The number of hydrogen-bond donors (Lipinski definition) is 1. The van der Waals surface area contributed by atoms with Crippen LogP contribution in [-0.2, 0) is 5.75 Å². The number of pyridine rings is 1. The second kappa shape index (κ2) is 8.61. The third-order valence-electron chi connectivity index (χ3n) is 6.92. The largest absolute Gasteiger partial charge is 0.502 e. The molecule has 3 heterocycles. The average molecular weight is 510 g/mol. The number of hydrogen-bond acceptors (Lipinski definition) is 5. The van der Waals surface area contributed by atoms with Crippen molar-refractivity contribution in [3.05, 3.63) is 73.8 Å². The molecule has 0 saturated heterocycles. The third-order valence-corrected chi connectivity index (χ3v) is 8.19. The van der Waals surface area contributed by atoms with Gasteiger partial charge in [-0.3, -0.25) is 19.3 Å². The molecule has 1 N–H and O–H groups in total. The highest BCUT2D eigenvalue weighted by molar-refractivity contribution is 8.02. The number of carbonyl (C=O) groups is 1. The van der Waals surface area contributed by atoms with Crippen LogP contribution in [0, 0.1) is 5.82 Å². The van der Waals surface area contributed by atoms with Crippen LogP contribution in [0.25, 0.3) is 0 Å². The van der Waals surface area contributed by atoms with Crippen LogP contribution in [0.2, 0.25) is 0 Å². The zero-order valence-corrected chi connectivity index (χ0v) is 19.6. The van der Waals surface area contributed by atoms with E-state index in [4.69, 9.17) is 0 Å². The molecule has 0 spiro atoms. The van der Waals surface area contributed by atoms with Gasteiger partial charge in [0.05, 0.1) is 6.04 Å². The Kier molecular flexibility index (Phi) is 5.85. The van der Waals surface area contributed by atoms with E-state index in [0.717, 1.165) is 48.3 Å². The Labute approximate surface area is 202 Å². The van der Waals surface area contributed by atoms with Gasteiger partial charge in [0.25, 0.3) is 5.91 Å². The second-order valence-corrected chi connectivity index (χ2v) is 10.1. The molecule has 1 aliphatic carbocycles. The lowest BCUT2D eigenvalue weighted by Gasteiger charge is -2.46. The molecule has 5 rings (SSSR count). The van der Waals surface area contributed by atoms with Gasteiger partial charge in [-0.2, -0.15) is 13.2 Å². The van der Waals surface area contributed by atoms with Crippen molar-refractivity contribution in [2.45, 2.75) is 56.6 Å². The van der Waals surface area contributed by atoms with Gasteiger partial charge in [0.2, 0.25) is 5.43 Å². The van der Waals surface area contributed by atoms with E-state index in [9.17, 15) is 32.3 Å². The molecular formula is C24H23F4N3O3S. The molecule has 186 valence electrons. The fraction of sp³-hybridized carbons (Fsp3) is 0.417. The third kappa shape index (κ3) is 3.99. The Bertz CT molecular complexity index is 1290. The first-order valence-corrected chi connectivity index (χ1v) is 12.3. The zero-order valence-electron chi connectivity index (χ0n) is 18.8. The highest BCUT2D eigenvalue weighted by Gasteiger charge is 2.48. The molecule has 3 aliphatic rings. The minimum Gasteiger partial charge on any atom is -0.502 e. The maximum atomic E-state index is 14.5. The number of alkyl halides is 3. The number of rotatable bonds is 2. The highest BCUT2D eigenvalue weighted by Crippen LogP contribution is 2.47. The molecule has 2 aliphatic heterocycles. The van der Waals surface area contributed by atoms with Gasteiger partial charge in [-0.15, -0.1) is 11.8 Å². The number of allylic oxidation sites excluding steroid dienone is 1. The Morgan fingerprint density at radius 2 is 1.89 bits per heavy atom. The Morgan fingerprint density at radius 3 is 2.63 bits per heavy atom. The van der Waals surface area contributed by atoms with E-state index in [0.29, 0.717) is 22.6 Å². The molecular weight excluding hydrogens is 486 g/mol. The summed E-state index contributed by atoms with van der Waals surface area (Å²) in [6.07, 6.45) is -0.118. The fourth-order valence-corrected chi connectivity index (χ4v) is 6.32. The van der Waals surface area contributed by atoms with Gasteiger partial charge in [-0.25, -0.2) is 4.39 Å². The number of amides is 1. The number of aromatic hydroxyl groups is 1. The number of thioether (sulfide) groups is 1. The lowest BCUT2D eigenvalue weighted by atomic mass is 9.87. The molecule has 1 amide bonds. The standard InChI is InChI=1S/C24H23F4N3O3S/c1-13(24(26,27)28)29-12-31(30-9-8-18(32)22(33)21(30)23(29)34)20-16-4-2-3-5-19(16)35-11-14-6-7-15(25)10-17(14)20/h6-10,13,20,33H,2-5,11-12H2,1H3/t13-,20+/m1/s1. The molecule has 0 saturated carbocycles. The first kappa shape index (κ1) is 23.8. The SMILES string of the molecule is C[C@@H](N1CN([C@H]2C3=C(CCCC3)SCc3ccc(F)cc32)n2ccc(=O)c(O)c2C1=O)C(F)(F)F. The van der Waals surface area contributed by atoms with Gasteiger partial charge in [0, 0.05) is 18.0 Å². The first-order chi connectivity index (χ1) is 16.6. The monoisotopic (exact) mass is 509 g/mol. The summed E-state index contributed by atoms with van der Waals surface area (Å²) < 4.78 is 57.0. The smallest absolute Gasteiger partial charge is 0.408 e. The van der Waals surface area contributed by atoms with Crippen molar-refractivity contribution in [1.82, 2.24) is 9.58 Å². The predicted octanol–water partition coefficient (Wildman–Crippen LogP) is 4.81. The van der Waals surface area contributed by atoms with Crippen molar-refractivity contribution in [2.75, 3.05) is 11.7 Å². The summed E-state index contributed by atoms with van der Waals surface area (Å²) in [6, 6.07) is 2.64. The normalized spacial score (nSPS) is 21.3. The maximum Gasteiger partial charge on any atom is 0.408 e. The van der Waals surface area contributed by atoms with Gasteiger partial charge in [0.1, 0.15) is 18.5 Å². The number of nitrogens with zero attached hydrogens (tertiary/aromatic N) is 3. The minimum atomic E-state index is -4.73. The number of carbonyl (C=O) groups excluding carboxylic acids is 1. The fourth-order valence-electron chi connectivity index (χ4n) is 5.04.